The van der Waals surface area contributed by atoms with Crippen molar-refractivity contribution in [1.82, 2.24) is 5.32 Å². The molecule has 3 rings (SSSR count). The van der Waals surface area contributed by atoms with E-state index in [0.717, 1.165) is 30.5 Å². The number of anilines is 1. The summed E-state index contributed by atoms with van der Waals surface area (Å²) >= 11 is 0. The molecule has 22 heavy (non-hydrogen) atoms. The Morgan fingerprint density at radius 2 is 2.00 bits per heavy atom. The maximum atomic E-state index is 12.4. The van der Waals surface area contributed by atoms with Crippen LogP contribution < -0.4 is 11.1 Å². The van der Waals surface area contributed by atoms with Crippen molar-refractivity contribution in [1.29, 1.82) is 5.26 Å². The Morgan fingerprint density at radius 3 is 2.73 bits per heavy atom. The molecule has 1 atom stereocenters. The van der Waals surface area contributed by atoms with Crippen LogP contribution in [0.3, 0.4) is 0 Å². The van der Waals surface area contributed by atoms with E-state index in [1.807, 2.05) is 24.3 Å². The molecule has 0 spiro atoms. The van der Waals surface area contributed by atoms with E-state index in [0.29, 0.717) is 11.1 Å². The van der Waals surface area contributed by atoms with Crippen molar-refractivity contribution in [2.24, 2.45) is 0 Å². The smallest absolute Gasteiger partial charge is 0.251 e. The average Bonchev–Trinajstić information content (AvgIpc) is 2.55. The number of hydrogen-bond donors (Lipinski definition) is 2. The number of amides is 1. The van der Waals surface area contributed by atoms with Crippen LogP contribution in [-0.4, -0.2) is 5.91 Å². The molecule has 4 heteroatoms. The number of nitrogens with two attached hydrogens (primary N) is 1. The number of nitrogen functional groups attached to an aromatic ring is 1. The van der Waals surface area contributed by atoms with E-state index >= 15 is 0 Å². The summed E-state index contributed by atoms with van der Waals surface area (Å²) in [5.74, 6) is -0.112. The van der Waals surface area contributed by atoms with Gasteiger partial charge in [0.1, 0.15) is 0 Å². The fourth-order valence-corrected chi connectivity index (χ4v) is 2.92. The lowest BCUT2D eigenvalue weighted by atomic mass is 9.87. The maximum Gasteiger partial charge on any atom is 0.251 e. The van der Waals surface area contributed by atoms with Crippen LogP contribution in [0.1, 0.15) is 45.9 Å². The number of nitrogens with zero attached hydrogens (tertiary/aromatic N) is 1. The third-order valence-corrected chi connectivity index (χ3v) is 4.06. The highest BCUT2D eigenvalue weighted by Crippen LogP contribution is 2.31. The van der Waals surface area contributed by atoms with Crippen LogP contribution in [0, 0.1) is 11.3 Å². The number of fused-ring (bicyclic) bond motifs is 1. The second-order valence-electron chi connectivity index (χ2n) is 5.57. The van der Waals surface area contributed by atoms with Crippen molar-refractivity contribution in [3.8, 4) is 6.07 Å². The molecular weight excluding hydrogens is 274 g/mol. The monoisotopic (exact) mass is 291 g/mol. The number of aryl methyl sites for hydroxylation is 1. The van der Waals surface area contributed by atoms with E-state index in [-0.39, 0.29) is 11.9 Å². The van der Waals surface area contributed by atoms with Gasteiger partial charge in [0.05, 0.1) is 17.7 Å². The highest BCUT2D eigenvalue weighted by molar-refractivity contribution is 5.94. The Hall–Kier alpha value is -2.80. The first kappa shape index (κ1) is 14.2. The van der Waals surface area contributed by atoms with Gasteiger partial charge in [-0.2, -0.15) is 5.26 Å². The normalized spacial score (nSPS) is 16.4. The molecule has 0 saturated carbocycles. The van der Waals surface area contributed by atoms with Gasteiger partial charge < -0.3 is 11.1 Å². The molecule has 1 unspecified atom stereocenters. The lowest BCUT2D eigenvalue weighted by molar-refractivity contribution is 0.0933. The van der Waals surface area contributed by atoms with Gasteiger partial charge in [-0.25, -0.2) is 0 Å². The van der Waals surface area contributed by atoms with Gasteiger partial charge >= 0.3 is 0 Å². The van der Waals surface area contributed by atoms with Gasteiger partial charge in [0, 0.05) is 11.3 Å². The van der Waals surface area contributed by atoms with E-state index < -0.39 is 0 Å². The molecule has 1 aliphatic carbocycles. The molecule has 2 aromatic rings. The lowest BCUT2D eigenvalue weighted by Gasteiger charge is -2.26. The average molecular weight is 291 g/mol. The Kier molecular flexibility index (Phi) is 3.80. The minimum atomic E-state index is -0.112. The van der Waals surface area contributed by atoms with Crippen LogP contribution in [0.15, 0.2) is 42.5 Å². The molecule has 0 heterocycles. The molecule has 1 aliphatic rings. The quantitative estimate of drug-likeness (QED) is 0.835. The van der Waals surface area contributed by atoms with Gasteiger partial charge in [0.25, 0.3) is 5.91 Å². The van der Waals surface area contributed by atoms with Crippen LogP contribution in [0.5, 0.6) is 0 Å². The van der Waals surface area contributed by atoms with Crippen molar-refractivity contribution < 1.29 is 4.79 Å². The third kappa shape index (κ3) is 2.79. The van der Waals surface area contributed by atoms with Gasteiger partial charge in [0.2, 0.25) is 0 Å². The van der Waals surface area contributed by atoms with Crippen LogP contribution in [0.4, 0.5) is 5.69 Å². The molecule has 0 bridgehead atoms. The highest BCUT2D eigenvalue weighted by Gasteiger charge is 2.22. The first-order valence-corrected chi connectivity index (χ1v) is 7.36. The number of nitrogens with one attached hydrogen (secondary N) is 1. The molecule has 3 N–H and O–H groups in total. The first-order valence-electron chi connectivity index (χ1n) is 7.36. The zero-order valence-corrected chi connectivity index (χ0v) is 12.2. The minimum Gasteiger partial charge on any atom is -0.399 e. The molecule has 4 nitrogen and oxygen atoms in total. The van der Waals surface area contributed by atoms with Crippen molar-refractivity contribution in [3.05, 3.63) is 64.7 Å². The highest BCUT2D eigenvalue weighted by atomic mass is 16.1. The SMILES string of the molecule is N#Cc1ccc(C(=O)NC2CCCc3cc(N)ccc32)cc1. The number of carbonyl (C=O) groups excluding carboxylic acids is 1. The summed E-state index contributed by atoms with van der Waals surface area (Å²) in [7, 11) is 0. The summed E-state index contributed by atoms with van der Waals surface area (Å²) in [4.78, 5) is 12.4. The predicted octanol–water partition coefficient (Wildman–Crippen LogP) is 2.95. The van der Waals surface area contributed by atoms with Crippen molar-refractivity contribution in [2.45, 2.75) is 25.3 Å². The molecule has 2 aromatic carbocycles. The Morgan fingerprint density at radius 1 is 1.23 bits per heavy atom. The summed E-state index contributed by atoms with van der Waals surface area (Å²) in [5, 5.41) is 11.9. The second-order valence-corrected chi connectivity index (χ2v) is 5.57. The van der Waals surface area contributed by atoms with Crippen LogP contribution in [0.2, 0.25) is 0 Å². The Bertz CT molecular complexity index is 744. The van der Waals surface area contributed by atoms with Crippen LogP contribution in [0.25, 0.3) is 0 Å². The van der Waals surface area contributed by atoms with E-state index in [4.69, 9.17) is 11.0 Å². The van der Waals surface area contributed by atoms with Crippen LogP contribution in [-0.2, 0) is 6.42 Å². The van der Waals surface area contributed by atoms with Gasteiger partial charge in [-0.15, -0.1) is 0 Å². The van der Waals surface area contributed by atoms with Crippen molar-refractivity contribution >= 4 is 11.6 Å². The zero-order chi connectivity index (χ0) is 15.5. The van der Waals surface area contributed by atoms with Gasteiger partial charge in [-0.1, -0.05) is 6.07 Å². The third-order valence-electron chi connectivity index (χ3n) is 4.06. The Balaban J connectivity index is 1.79. The summed E-state index contributed by atoms with van der Waals surface area (Å²) in [6, 6.07) is 14.6. The fourth-order valence-electron chi connectivity index (χ4n) is 2.92. The summed E-state index contributed by atoms with van der Waals surface area (Å²) in [6.45, 7) is 0. The molecule has 1 amide bonds. The maximum absolute atomic E-state index is 12.4. The van der Waals surface area contributed by atoms with E-state index in [9.17, 15) is 4.79 Å². The largest absolute Gasteiger partial charge is 0.399 e. The summed E-state index contributed by atoms with van der Waals surface area (Å²) < 4.78 is 0. The molecule has 0 aliphatic heterocycles. The number of nitriles is 1. The number of rotatable bonds is 2. The standard InChI is InChI=1S/C18H17N3O/c19-11-12-4-6-13(7-5-12)18(22)21-17-3-1-2-14-10-15(20)8-9-16(14)17/h4-10,17H,1-3,20H2,(H,21,22). The van der Waals surface area contributed by atoms with Gasteiger partial charge in [0.15, 0.2) is 0 Å². The zero-order valence-electron chi connectivity index (χ0n) is 12.2. The van der Waals surface area contributed by atoms with Gasteiger partial charge in [-0.3, -0.25) is 4.79 Å². The fraction of sp³-hybridized carbons (Fsp3) is 0.222. The minimum absolute atomic E-state index is 0.0208. The lowest BCUT2D eigenvalue weighted by Crippen LogP contribution is -2.31. The predicted molar refractivity (Wildman–Crippen MR) is 85.2 cm³/mol. The molecule has 0 saturated heterocycles. The van der Waals surface area contributed by atoms with Crippen LogP contribution >= 0.6 is 0 Å². The molecule has 0 radical (unpaired) electrons. The summed E-state index contributed by atoms with van der Waals surface area (Å²) in [5.41, 5.74) is 10.1. The molecule has 0 aromatic heterocycles. The van der Waals surface area contributed by atoms with E-state index in [1.165, 1.54) is 5.56 Å². The van der Waals surface area contributed by atoms with Crippen molar-refractivity contribution in [2.75, 3.05) is 5.73 Å². The molecular formula is C18H17N3O. The molecule has 0 fully saturated rings. The van der Waals surface area contributed by atoms with E-state index in [2.05, 4.69) is 5.32 Å². The first-order chi connectivity index (χ1) is 10.7. The van der Waals surface area contributed by atoms with E-state index in [1.54, 1.807) is 24.3 Å². The molecule has 110 valence electrons. The second kappa shape index (κ2) is 5.90. The number of carbonyl (C=O) groups is 1. The summed E-state index contributed by atoms with van der Waals surface area (Å²) in [6.07, 6.45) is 2.97. The number of hydrogen-bond acceptors (Lipinski definition) is 3. The topological polar surface area (TPSA) is 78.9 Å². The number of benzene rings is 2. The van der Waals surface area contributed by atoms with Gasteiger partial charge in [-0.05, 0) is 66.8 Å². The Labute approximate surface area is 129 Å². The van der Waals surface area contributed by atoms with Crippen molar-refractivity contribution in [3.63, 3.8) is 0 Å².